The number of carbonyl (C=O) groups excluding carboxylic acids is 2. The van der Waals surface area contributed by atoms with Gasteiger partial charge >= 0.3 is 0 Å². The third-order valence-corrected chi connectivity index (χ3v) is 4.82. The Hall–Kier alpha value is -3.46. The summed E-state index contributed by atoms with van der Waals surface area (Å²) in [6.07, 6.45) is 0. The first-order chi connectivity index (χ1) is 13.0. The highest BCUT2D eigenvalue weighted by atomic mass is 16.3. The minimum Gasteiger partial charge on any atom is -0.452 e. The molecule has 0 saturated carbocycles. The number of rotatable bonds is 4. The molecule has 27 heavy (non-hydrogen) atoms. The number of para-hydroxylation sites is 1. The monoisotopic (exact) mass is 354 g/mol. The van der Waals surface area contributed by atoms with E-state index in [0.717, 1.165) is 27.7 Å². The summed E-state index contributed by atoms with van der Waals surface area (Å²) < 4.78 is 5.78. The van der Waals surface area contributed by atoms with Gasteiger partial charge < -0.3 is 4.42 Å². The zero-order chi connectivity index (χ0) is 19.0. The van der Waals surface area contributed by atoms with E-state index in [2.05, 4.69) is 0 Å². The van der Waals surface area contributed by atoms with E-state index < -0.39 is 0 Å². The Labute approximate surface area is 157 Å². The van der Waals surface area contributed by atoms with Crippen LogP contribution in [0.4, 0.5) is 0 Å². The van der Waals surface area contributed by atoms with E-state index >= 15 is 0 Å². The lowest BCUT2D eigenvalue weighted by Gasteiger charge is -2.05. The van der Waals surface area contributed by atoms with Gasteiger partial charge in [0.1, 0.15) is 5.58 Å². The van der Waals surface area contributed by atoms with Gasteiger partial charge in [-0.1, -0.05) is 66.7 Å². The predicted molar refractivity (Wildman–Crippen MR) is 106 cm³/mol. The number of hydrogen-bond donors (Lipinski definition) is 0. The van der Waals surface area contributed by atoms with Crippen molar-refractivity contribution >= 4 is 22.5 Å². The first-order valence-corrected chi connectivity index (χ1v) is 8.79. The fourth-order valence-corrected chi connectivity index (χ4v) is 3.23. The minimum absolute atomic E-state index is 0.0451. The number of benzene rings is 3. The van der Waals surface area contributed by atoms with Crippen LogP contribution in [0.3, 0.4) is 0 Å². The van der Waals surface area contributed by atoms with Crippen LogP contribution >= 0.6 is 0 Å². The van der Waals surface area contributed by atoms with Crippen molar-refractivity contribution in [1.82, 2.24) is 0 Å². The highest BCUT2D eigenvalue weighted by Crippen LogP contribution is 2.28. The van der Waals surface area contributed by atoms with E-state index in [9.17, 15) is 9.59 Å². The van der Waals surface area contributed by atoms with Crippen molar-refractivity contribution in [2.45, 2.75) is 13.8 Å². The summed E-state index contributed by atoms with van der Waals surface area (Å²) in [7, 11) is 0. The molecule has 0 radical (unpaired) electrons. The van der Waals surface area contributed by atoms with Crippen molar-refractivity contribution in [2.75, 3.05) is 0 Å². The largest absolute Gasteiger partial charge is 0.452 e. The third-order valence-electron chi connectivity index (χ3n) is 4.82. The van der Waals surface area contributed by atoms with E-state index in [4.69, 9.17) is 4.42 Å². The molecule has 1 heterocycles. The van der Waals surface area contributed by atoms with E-state index in [0.29, 0.717) is 16.9 Å². The molecule has 0 aliphatic carbocycles. The van der Waals surface area contributed by atoms with Crippen LogP contribution in [-0.2, 0) is 0 Å². The summed E-state index contributed by atoms with van der Waals surface area (Å²) in [6.45, 7) is 3.46. The number of furan rings is 1. The summed E-state index contributed by atoms with van der Waals surface area (Å²) >= 11 is 0. The number of aryl methyl sites for hydroxylation is 1. The maximum Gasteiger partial charge on any atom is 0.228 e. The molecule has 4 rings (SSSR count). The van der Waals surface area contributed by atoms with E-state index in [1.54, 1.807) is 6.92 Å². The van der Waals surface area contributed by atoms with Crippen molar-refractivity contribution in [1.29, 1.82) is 0 Å². The van der Waals surface area contributed by atoms with Crippen LogP contribution in [0.2, 0.25) is 0 Å². The van der Waals surface area contributed by atoms with Gasteiger partial charge in [0.25, 0.3) is 0 Å². The molecule has 3 aromatic carbocycles. The Bertz CT molecular complexity index is 1150. The summed E-state index contributed by atoms with van der Waals surface area (Å²) in [4.78, 5) is 24.3. The molecule has 0 saturated heterocycles. The smallest absolute Gasteiger partial charge is 0.228 e. The SMILES string of the molecule is CC(=O)c1ccc(-c2ccc(C(=O)c3oc4ccccc4c3C)cc2)cc1. The van der Waals surface area contributed by atoms with Gasteiger partial charge in [0.2, 0.25) is 5.78 Å². The second-order valence-corrected chi connectivity index (χ2v) is 6.59. The molecular formula is C24H18O3. The number of fused-ring (bicyclic) bond motifs is 1. The zero-order valence-electron chi connectivity index (χ0n) is 15.2. The molecule has 3 nitrogen and oxygen atoms in total. The average Bonchev–Trinajstić information content (AvgIpc) is 3.04. The predicted octanol–water partition coefficient (Wildman–Crippen LogP) is 5.84. The molecule has 3 heteroatoms. The molecular weight excluding hydrogens is 336 g/mol. The molecule has 1 aromatic heterocycles. The van der Waals surface area contributed by atoms with Crippen LogP contribution in [-0.4, -0.2) is 11.6 Å². The molecule has 0 spiro atoms. The molecule has 0 bridgehead atoms. The van der Waals surface area contributed by atoms with Crippen LogP contribution < -0.4 is 0 Å². The Morgan fingerprint density at radius 2 is 1.30 bits per heavy atom. The second-order valence-electron chi connectivity index (χ2n) is 6.59. The van der Waals surface area contributed by atoms with Crippen LogP contribution in [0.15, 0.2) is 77.2 Å². The Balaban J connectivity index is 1.64. The molecule has 0 atom stereocenters. The van der Waals surface area contributed by atoms with Crippen LogP contribution in [0, 0.1) is 6.92 Å². The highest BCUT2D eigenvalue weighted by molar-refractivity contribution is 6.10. The highest BCUT2D eigenvalue weighted by Gasteiger charge is 2.19. The van der Waals surface area contributed by atoms with Crippen molar-refractivity contribution in [3.63, 3.8) is 0 Å². The molecule has 0 N–H and O–H groups in total. The topological polar surface area (TPSA) is 47.3 Å². The number of hydrogen-bond acceptors (Lipinski definition) is 3. The maximum absolute atomic E-state index is 12.9. The fraction of sp³-hybridized carbons (Fsp3) is 0.0833. The molecule has 0 amide bonds. The Morgan fingerprint density at radius 1 is 0.741 bits per heavy atom. The fourth-order valence-electron chi connectivity index (χ4n) is 3.23. The molecule has 132 valence electrons. The van der Waals surface area contributed by atoms with Crippen molar-refractivity contribution < 1.29 is 14.0 Å². The van der Waals surface area contributed by atoms with Crippen molar-refractivity contribution in [3.05, 3.63) is 95.2 Å². The van der Waals surface area contributed by atoms with Gasteiger partial charge in [-0.15, -0.1) is 0 Å². The second kappa shape index (κ2) is 6.69. The van der Waals surface area contributed by atoms with Crippen LogP contribution in [0.25, 0.3) is 22.1 Å². The normalized spacial score (nSPS) is 10.9. The Morgan fingerprint density at radius 3 is 1.85 bits per heavy atom. The zero-order valence-corrected chi connectivity index (χ0v) is 15.2. The van der Waals surface area contributed by atoms with Gasteiger partial charge in [0.05, 0.1) is 0 Å². The van der Waals surface area contributed by atoms with E-state index in [1.807, 2.05) is 79.7 Å². The quantitative estimate of drug-likeness (QED) is 0.432. The van der Waals surface area contributed by atoms with Gasteiger partial charge in [-0.05, 0) is 31.0 Å². The molecule has 0 aliphatic heterocycles. The van der Waals surface area contributed by atoms with Crippen LogP contribution in [0.5, 0.6) is 0 Å². The van der Waals surface area contributed by atoms with Crippen molar-refractivity contribution in [3.8, 4) is 11.1 Å². The number of carbonyl (C=O) groups is 2. The summed E-state index contributed by atoms with van der Waals surface area (Å²) in [5.74, 6) is 0.306. The summed E-state index contributed by atoms with van der Waals surface area (Å²) in [5, 5.41) is 0.961. The number of ketones is 2. The van der Waals surface area contributed by atoms with Gasteiger partial charge in [-0.3, -0.25) is 9.59 Å². The van der Waals surface area contributed by atoms with Gasteiger partial charge in [-0.25, -0.2) is 0 Å². The average molecular weight is 354 g/mol. The summed E-state index contributed by atoms with van der Waals surface area (Å²) in [5.41, 5.74) is 4.84. The standard InChI is InChI=1S/C24H18O3/c1-15-21-5-3-4-6-22(21)27-24(15)23(26)20-13-11-19(12-14-20)18-9-7-17(8-10-18)16(2)25/h3-14H,1-2H3. The van der Waals surface area contributed by atoms with E-state index in [1.165, 1.54) is 0 Å². The molecule has 0 fully saturated rings. The number of Topliss-reactive ketones (excluding diaryl/α,β-unsaturated/α-hetero) is 1. The molecule has 4 aromatic rings. The van der Waals surface area contributed by atoms with E-state index in [-0.39, 0.29) is 11.6 Å². The lowest BCUT2D eigenvalue weighted by Crippen LogP contribution is -2.01. The van der Waals surface area contributed by atoms with Crippen molar-refractivity contribution in [2.24, 2.45) is 0 Å². The first kappa shape index (κ1) is 17.0. The Kier molecular flexibility index (Phi) is 4.21. The van der Waals surface area contributed by atoms with Crippen LogP contribution in [0.1, 0.15) is 39.0 Å². The minimum atomic E-state index is -0.123. The summed E-state index contributed by atoms with van der Waals surface area (Å²) in [6, 6.07) is 22.5. The van der Waals surface area contributed by atoms with Gasteiger partial charge in [0, 0.05) is 22.1 Å². The molecule has 0 unspecified atom stereocenters. The molecule has 0 aliphatic rings. The van der Waals surface area contributed by atoms with Gasteiger partial charge in [-0.2, -0.15) is 0 Å². The lowest BCUT2D eigenvalue weighted by molar-refractivity contribution is 0.100. The maximum atomic E-state index is 12.9. The third kappa shape index (κ3) is 3.08. The van der Waals surface area contributed by atoms with Gasteiger partial charge in [0.15, 0.2) is 11.5 Å². The lowest BCUT2D eigenvalue weighted by atomic mass is 9.99. The first-order valence-electron chi connectivity index (χ1n) is 8.79.